The number of nitrogens with one attached hydrogen (secondary N) is 2. The van der Waals surface area contributed by atoms with Gasteiger partial charge in [-0.2, -0.15) is 0 Å². The third-order valence-electron chi connectivity index (χ3n) is 2.55. The average Bonchev–Trinajstić information content (AvgIpc) is 2.47. The third kappa shape index (κ3) is 4.07. The van der Waals surface area contributed by atoms with E-state index in [1.807, 2.05) is 18.2 Å². The first-order valence-electron chi connectivity index (χ1n) is 5.97. The quantitative estimate of drug-likeness (QED) is 0.670. The summed E-state index contributed by atoms with van der Waals surface area (Å²) in [4.78, 5) is 0. The fourth-order valence-electron chi connectivity index (χ4n) is 1.57. The minimum Gasteiger partial charge on any atom is -0.283 e. The molecular formula is C15H14N2O2S. The van der Waals surface area contributed by atoms with Gasteiger partial charge >= 0.3 is 0 Å². The Labute approximate surface area is 118 Å². The van der Waals surface area contributed by atoms with Gasteiger partial charge in [0, 0.05) is 5.56 Å². The number of amidine groups is 1. The molecule has 0 unspecified atom stereocenters. The topological polar surface area (TPSA) is 70.0 Å². The van der Waals surface area contributed by atoms with Crippen molar-refractivity contribution in [1.82, 2.24) is 4.72 Å². The molecule has 4 nitrogen and oxygen atoms in total. The molecule has 2 aromatic rings. The smallest absolute Gasteiger partial charge is 0.256 e. The Morgan fingerprint density at radius 3 is 2.10 bits per heavy atom. The van der Waals surface area contributed by atoms with E-state index in [2.05, 4.69) is 4.72 Å². The first-order chi connectivity index (χ1) is 9.57. The molecule has 0 spiro atoms. The van der Waals surface area contributed by atoms with Crippen molar-refractivity contribution in [2.24, 2.45) is 0 Å². The summed E-state index contributed by atoms with van der Waals surface area (Å²) in [6.07, 6.45) is 1.49. The van der Waals surface area contributed by atoms with E-state index in [1.54, 1.807) is 42.5 Å². The molecule has 0 saturated carbocycles. The van der Waals surface area contributed by atoms with Crippen LogP contribution in [0.15, 0.2) is 66.1 Å². The monoisotopic (exact) mass is 286 g/mol. The Bertz CT molecular complexity index is 708. The van der Waals surface area contributed by atoms with Crippen molar-refractivity contribution in [3.8, 4) is 0 Å². The summed E-state index contributed by atoms with van der Waals surface area (Å²) in [7, 11) is -3.68. The molecule has 5 heteroatoms. The Morgan fingerprint density at radius 1 is 0.950 bits per heavy atom. The molecule has 0 heterocycles. The zero-order valence-corrected chi connectivity index (χ0v) is 11.5. The molecule has 0 fully saturated rings. The molecule has 20 heavy (non-hydrogen) atoms. The zero-order chi connectivity index (χ0) is 14.4. The molecule has 0 aromatic heterocycles. The molecule has 0 aliphatic carbocycles. The highest BCUT2D eigenvalue weighted by Crippen LogP contribution is 2.04. The number of hydrogen-bond donors (Lipinski definition) is 2. The van der Waals surface area contributed by atoms with Gasteiger partial charge in [0.2, 0.25) is 0 Å². The second-order valence-corrected chi connectivity index (χ2v) is 5.67. The summed E-state index contributed by atoms with van der Waals surface area (Å²) in [6.45, 7) is 0. The van der Waals surface area contributed by atoms with E-state index in [0.29, 0.717) is 5.56 Å². The Morgan fingerprint density at radius 2 is 1.50 bits per heavy atom. The predicted molar refractivity (Wildman–Crippen MR) is 80.8 cm³/mol. The molecule has 2 rings (SSSR count). The van der Waals surface area contributed by atoms with Crippen molar-refractivity contribution in [2.45, 2.75) is 0 Å². The van der Waals surface area contributed by atoms with Gasteiger partial charge in [0.15, 0.2) is 0 Å². The summed E-state index contributed by atoms with van der Waals surface area (Å²) in [5, 5.41) is 8.80. The van der Waals surface area contributed by atoms with Gasteiger partial charge in [-0.25, -0.2) is 8.42 Å². The van der Waals surface area contributed by atoms with Crippen LogP contribution in [0.1, 0.15) is 11.1 Å². The standard InChI is InChI=1S/C15H14N2O2S/c16-15(14-9-5-2-6-10-14)17-20(18,19)12-11-13-7-3-1-4-8-13/h1-12H,(H2,16,17). The molecule has 102 valence electrons. The SMILES string of the molecule is N=C(NS(=O)(=O)C=Cc1ccccc1)c1ccccc1. The number of hydrogen-bond acceptors (Lipinski definition) is 3. The Kier molecular flexibility index (Phi) is 4.32. The molecule has 0 atom stereocenters. The number of rotatable bonds is 4. The minimum absolute atomic E-state index is 0.150. The van der Waals surface area contributed by atoms with Gasteiger partial charge in [0.25, 0.3) is 10.0 Å². The first-order valence-corrected chi connectivity index (χ1v) is 7.51. The second kappa shape index (κ2) is 6.16. The van der Waals surface area contributed by atoms with Crippen LogP contribution in [-0.4, -0.2) is 14.3 Å². The number of benzene rings is 2. The van der Waals surface area contributed by atoms with Crippen LogP contribution in [0.3, 0.4) is 0 Å². The van der Waals surface area contributed by atoms with Crippen molar-refractivity contribution in [2.75, 3.05) is 0 Å². The lowest BCUT2D eigenvalue weighted by atomic mass is 10.2. The lowest BCUT2D eigenvalue weighted by Crippen LogP contribution is -2.28. The number of sulfonamides is 1. The predicted octanol–water partition coefficient (Wildman–Crippen LogP) is 2.60. The molecule has 2 N–H and O–H groups in total. The van der Waals surface area contributed by atoms with E-state index in [4.69, 9.17) is 5.41 Å². The summed E-state index contributed by atoms with van der Waals surface area (Å²) in [5.41, 5.74) is 1.30. The van der Waals surface area contributed by atoms with Crippen LogP contribution in [0.5, 0.6) is 0 Å². The molecule has 0 radical (unpaired) electrons. The highest BCUT2D eigenvalue weighted by molar-refractivity contribution is 7.93. The van der Waals surface area contributed by atoms with Gasteiger partial charge in [-0.15, -0.1) is 0 Å². The second-order valence-electron chi connectivity index (χ2n) is 4.10. The van der Waals surface area contributed by atoms with E-state index >= 15 is 0 Å². The fourth-order valence-corrected chi connectivity index (χ4v) is 2.38. The summed E-state index contributed by atoms with van der Waals surface area (Å²) in [6, 6.07) is 17.8. The fraction of sp³-hybridized carbons (Fsp3) is 0. The van der Waals surface area contributed by atoms with Crippen LogP contribution >= 0.6 is 0 Å². The van der Waals surface area contributed by atoms with Gasteiger partial charge in [-0.05, 0) is 11.6 Å². The third-order valence-corrected chi connectivity index (χ3v) is 3.53. The van der Waals surface area contributed by atoms with Gasteiger partial charge in [-0.1, -0.05) is 60.7 Å². The van der Waals surface area contributed by atoms with E-state index in [1.165, 1.54) is 6.08 Å². The van der Waals surface area contributed by atoms with Crippen molar-refractivity contribution in [3.63, 3.8) is 0 Å². The molecule has 0 aliphatic rings. The molecule has 0 aliphatic heterocycles. The van der Waals surface area contributed by atoms with Crippen LogP contribution < -0.4 is 4.72 Å². The van der Waals surface area contributed by atoms with Crippen molar-refractivity contribution < 1.29 is 8.42 Å². The van der Waals surface area contributed by atoms with E-state index in [9.17, 15) is 8.42 Å². The van der Waals surface area contributed by atoms with Crippen molar-refractivity contribution in [3.05, 3.63) is 77.2 Å². The Hall–Kier alpha value is -2.40. The van der Waals surface area contributed by atoms with E-state index in [0.717, 1.165) is 11.0 Å². The average molecular weight is 286 g/mol. The molecule has 0 bridgehead atoms. The largest absolute Gasteiger partial charge is 0.283 e. The van der Waals surface area contributed by atoms with Crippen LogP contribution in [-0.2, 0) is 10.0 Å². The maximum atomic E-state index is 11.8. The summed E-state index contributed by atoms with van der Waals surface area (Å²) >= 11 is 0. The van der Waals surface area contributed by atoms with Crippen LogP contribution in [0, 0.1) is 5.41 Å². The van der Waals surface area contributed by atoms with E-state index in [-0.39, 0.29) is 5.84 Å². The highest BCUT2D eigenvalue weighted by Gasteiger charge is 2.09. The highest BCUT2D eigenvalue weighted by atomic mass is 32.2. The van der Waals surface area contributed by atoms with Crippen molar-refractivity contribution >= 4 is 21.9 Å². The van der Waals surface area contributed by atoms with Crippen LogP contribution in [0.4, 0.5) is 0 Å². The lowest BCUT2D eigenvalue weighted by Gasteiger charge is -2.05. The zero-order valence-electron chi connectivity index (χ0n) is 10.7. The van der Waals surface area contributed by atoms with Gasteiger partial charge in [0.1, 0.15) is 5.84 Å². The van der Waals surface area contributed by atoms with Crippen LogP contribution in [0.25, 0.3) is 6.08 Å². The molecule has 0 amide bonds. The van der Waals surface area contributed by atoms with Gasteiger partial charge in [0.05, 0.1) is 5.41 Å². The first kappa shape index (κ1) is 14.0. The maximum absolute atomic E-state index is 11.8. The van der Waals surface area contributed by atoms with Crippen LogP contribution in [0.2, 0.25) is 0 Å². The van der Waals surface area contributed by atoms with Gasteiger partial charge < -0.3 is 0 Å². The molecule has 0 saturated heterocycles. The lowest BCUT2D eigenvalue weighted by molar-refractivity contribution is 0.601. The van der Waals surface area contributed by atoms with E-state index < -0.39 is 10.0 Å². The molecule has 2 aromatic carbocycles. The minimum atomic E-state index is -3.68. The summed E-state index contributed by atoms with van der Waals surface area (Å²) in [5.74, 6) is -0.150. The normalized spacial score (nSPS) is 11.4. The summed E-state index contributed by atoms with van der Waals surface area (Å²) < 4.78 is 25.9. The van der Waals surface area contributed by atoms with Gasteiger partial charge in [-0.3, -0.25) is 10.1 Å². The molecular weight excluding hydrogens is 272 g/mol. The Balaban J connectivity index is 2.09. The maximum Gasteiger partial charge on any atom is 0.256 e. The van der Waals surface area contributed by atoms with Crippen molar-refractivity contribution in [1.29, 1.82) is 5.41 Å².